The highest BCUT2D eigenvalue weighted by Crippen LogP contribution is 2.45. The van der Waals surface area contributed by atoms with Gasteiger partial charge < -0.3 is 9.84 Å². The van der Waals surface area contributed by atoms with Gasteiger partial charge in [-0.25, -0.2) is 0 Å². The number of aromatic nitrogens is 2. The second-order valence-corrected chi connectivity index (χ2v) is 5.09. The first-order chi connectivity index (χ1) is 8.53. The minimum absolute atomic E-state index is 0.0389. The largest absolute Gasteiger partial charge is 0.404 e. The summed E-state index contributed by atoms with van der Waals surface area (Å²) < 4.78 is 44.6. The van der Waals surface area contributed by atoms with Gasteiger partial charge in [0.05, 0.1) is 0 Å². The van der Waals surface area contributed by atoms with Crippen molar-refractivity contribution in [1.82, 2.24) is 15.5 Å². The van der Waals surface area contributed by atoms with Gasteiger partial charge in [0.1, 0.15) is 0 Å². The van der Waals surface area contributed by atoms with Crippen LogP contribution in [-0.4, -0.2) is 29.4 Å². The maximum atomic E-state index is 13.2. The van der Waals surface area contributed by atoms with Crippen molar-refractivity contribution in [3.63, 3.8) is 0 Å². The van der Waals surface area contributed by atoms with E-state index in [0.717, 1.165) is 19.3 Å². The smallest absolute Gasteiger partial charge is 0.338 e. The van der Waals surface area contributed by atoms with Crippen LogP contribution in [0.4, 0.5) is 13.2 Å². The van der Waals surface area contributed by atoms with Gasteiger partial charge in [0, 0.05) is 12.5 Å². The number of nitrogens with one attached hydrogen (secondary N) is 1. The monoisotopic (exact) mass is 261 g/mol. The van der Waals surface area contributed by atoms with Crippen LogP contribution in [0, 0.1) is 0 Å². The van der Waals surface area contributed by atoms with E-state index in [-0.39, 0.29) is 24.8 Å². The van der Waals surface area contributed by atoms with Gasteiger partial charge in [-0.15, -0.1) is 0 Å². The van der Waals surface area contributed by atoms with Gasteiger partial charge in [-0.2, -0.15) is 18.2 Å². The molecule has 1 saturated heterocycles. The van der Waals surface area contributed by atoms with Crippen LogP contribution in [0.25, 0.3) is 0 Å². The Balaban J connectivity index is 1.93. The summed E-state index contributed by atoms with van der Waals surface area (Å²) in [5.74, 6) is 0.343. The molecular weight excluding hydrogens is 247 g/mol. The Kier molecular flexibility index (Phi) is 2.62. The van der Waals surface area contributed by atoms with Crippen LogP contribution in [0.5, 0.6) is 0 Å². The molecule has 1 aromatic rings. The van der Waals surface area contributed by atoms with Crippen molar-refractivity contribution in [2.75, 3.05) is 13.1 Å². The normalized spacial score (nSPS) is 29.5. The maximum Gasteiger partial charge on any atom is 0.404 e. The van der Waals surface area contributed by atoms with Crippen LogP contribution in [0.2, 0.25) is 0 Å². The first-order valence-corrected chi connectivity index (χ1v) is 6.14. The summed E-state index contributed by atoms with van der Waals surface area (Å²) in [5.41, 5.74) is -2.00. The van der Waals surface area contributed by atoms with Crippen LogP contribution < -0.4 is 5.32 Å². The summed E-state index contributed by atoms with van der Waals surface area (Å²) in [6, 6.07) is 0. The molecule has 1 aromatic heterocycles. The second-order valence-electron chi connectivity index (χ2n) is 5.09. The van der Waals surface area contributed by atoms with Crippen molar-refractivity contribution in [1.29, 1.82) is 0 Å². The lowest BCUT2D eigenvalue weighted by molar-refractivity contribution is -0.191. The molecule has 2 heterocycles. The molecule has 0 radical (unpaired) electrons. The summed E-state index contributed by atoms with van der Waals surface area (Å²) in [5, 5.41) is 6.46. The predicted octanol–water partition coefficient (Wildman–Crippen LogP) is 2.13. The zero-order valence-electron chi connectivity index (χ0n) is 9.76. The van der Waals surface area contributed by atoms with E-state index in [1.54, 1.807) is 0 Å². The summed E-state index contributed by atoms with van der Waals surface area (Å²) in [6.45, 7) is 0.142. The number of nitrogens with zero attached hydrogens (tertiary/aromatic N) is 2. The van der Waals surface area contributed by atoms with E-state index in [1.807, 2.05) is 0 Å². The highest BCUT2D eigenvalue weighted by atomic mass is 19.4. The van der Waals surface area contributed by atoms with Crippen molar-refractivity contribution in [2.45, 2.75) is 43.2 Å². The molecule has 4 nitrogen and oxygen atoms in total. The third kappa shape index (κ3) is 1.64. The Morgan fingerprint density at radius 2 is 2.11 bits per heavy atom. The van der Waals surface area contributed by atoms with Crippen LogP contribution in [0.1, 0.15) is 43.3 Å². The molecule has 1 atom stereocenters. The third-order valence-corrected chi connectivity index (χ3v) is 4.02. The lowest BCUT2D eigenvalue weighted by Crippen LogP contribution is -2.44. The fourth-order valence-corrected chi connectivity index (χ4v) is 2.50. The van der Waals surface area contributed by atoms with Crippen LogP contribution >= 0.6 is 0 Å². The van der Waals surface area contributed by atoms with Crippen LogP contribution in [-0.2, 0) is 5.41 Å². The Labute approximate surface area is 102 Å². The highest BCUT2D eigenvalue weighted by molar-refractivity contribution is 5.15. The minimum Gasteiger partial charge on any atom is -0.338 e. The first-order valence-electron chi connectivity index (χ1n) is 6.14. The molecule has 0 amide bonds. The zero-order chi connectivity index (χ0) is 12.8. The lowest BCUT2D eigenvalue weighted by Gasteiger charge is -2.26. The highest BCUT2D eigenvalue weighted by Gasteiger charge is 2.61. The second kappa shape index (κ2) is 3.94. The molecule has 2 aliphatic rings. The SMILES string of the molecule is FC(F)(F)C1(c2nc(C3CCC3)no2)CCNC1. The zero-order valence-corrected chi connectivity index (χ0v) is 9.76. The van der Waals surface area contributed by atoms with Gasteiger partial charge in [-0.1, -0.05) is 11.6 Å². The molecule has 2 fully saturated rings. The van der Waals surface area contributed by atoms with E-state index < -0.39 is 11.6 Å². The fourth-order valence-electron chi connectivity index (χ4n) is 2.50. The summed E-state index contributed by atoms with van der Waals surface area (Å²) in [4.78, 5) is 4.02. The average molecular weight is 261 g/mol. The quantitative estimate of drug-likeness (QED) is 0.886. The molecule has 1 N–H and O–H groups in total. The summed E-state index contributed by atoms with van der Waals surface area (Å²) in [7, 11) is 0. The maximum absolute atomic E-state index is 13.2. The number of halogens is 3. The van der Waals surface area contributed by atoms with E-state index in [1.165, 1.54) is 0 Å². The van der Waals surface area contributed by atoms with Crippen molar-refractivity contribution in [3.05, 3.63) is 11.7 Å². The van der Waals surface area contributed by atoms with Crippen molar-refractivity contribution >= 4 is 0 Å². The molecule has 1 unspecified atom stereocenters. The van der Waals surface area contributed by atoms with Crippen LogP contribution in [0.15, 0.2) is 4.52 Å². The van der Waals surface area contributed by atoms with Gasteiger partial charge >= 0.3 is 6.18 Å². The topological polar surface area (TPSA) is 51.0 Å². The van der Waals surface area contributed by atoms with Crippen LogP contribution in [0.3, 0.4) is 0 Å². The number of hydrogen-bond acceptors (Lipinski definition) is 4. The number of hydrogen-bond donors (Lipinski definition) is 1. The van der Waals surface area contributed by atoms with E-state index in [0.29, 0.717) is 12.4 Å². The first kappa shape index (κ1) is 12.0. The Morgan fingerprint density at radius 1 is 1.33 bits per heavy atom. The summed E-state index contributed by atoms with van der Waals surface area (Å²) >= 11 is 0. The Morgan fingerprint density at radius 3 is 2.61 bits per heavy atom. The third-order valence-electron chi connectivity index (χ3n) is 4.02. The number of rotatable bonds is 2. The van der Waals surface area contributed by atoms with E-state index in [2.05, 4.69) is 15.5 Å². The fraction of sp³-hybridized carbons (Fsp3) is 0.818. The van der Waals surface area contributed by atoms with E-state index in [9.17, 15) is 13.2 Å². The molecule has 0 aromatic carbocycles. The standard InChI is InChI=1S/C11H14F3N3O/c12-11(13,14)10(4-5-15-6-10)9-16-8(17-18-9)7-2-1-3-7/h7,15H,1-6H2. The molecule has 1 aliphatic carbocycles. The van der Waals surface area contributed by atoms with Gasteiger partial charge in [-0.3, -0.25) is 0 Å². The van der Waals surface area contributed by atoms with Crippen molar-refractivity contribution in [2.24, 2.45) is 0 Å². The molecule has 7 heteroatoms. The Hall–Kier alpha value is -1.11. The number of alkyl halides is 3. The van der Waals surface area contributed by atoms with Gasteiger partial charge in [-0.05, 0) is 25.8 Å². The molecule has 3 rings (SSSR count). The minimum atomic E-state index is -4.36. The average Bonchev–Trinajstić information content (AvgIpc) is 2.79. The molecule has 1 aliphatic heterocycles. The molecule has 18 heavy (non-hydrogen) atoms. The van der Waals surface area contributed by atoms with Crippen molar-refractivity contribution in [3.8, 4) is 0 Å². The van der Waals surface area contributed by atoms with Gasteiger partial charge in [0.25, 0.3) is 0 Å². The van der Waals surface area contributed by atoms with E-state index in [4.69, 9.17) is 4.52 Å². The molecule has 0 spiro atoms. The molecule has 1 saturated carbocycles. The molecular formula is C11H14F3N3O. The van der Waals surface area contributed by atoms with E-state index >= 15 is 0 Å². The Bertz CT molecular complexity index is 433. The van der Waals surface area contributed by atoms with Gasteiger partial charge in [0.2, 0.25) is 5.89 Å². The lowest BCUT2D eigenvalue weighted by atomic mass is 9.84. The molecule has 100 valence electrons. The van der Waals surface area contributed by atoms with Gasteiger partial charge in [0.15, 0.2) is 11.2 Å². The molecule has 0 bridgehead atoms. The van der Waals surface area contributed by atoms with Crippen molar-refractivity contribution < 1.29 is 17.7 Å². The predicted molar refractivity (Wildman–Crippen MR) is 56.1 cm³/mol. The summed E-state index contributed by atoms with van der Waals surface area (Å²) in [6.07, 6.45) is -1.43.